The van der Waals surface area contributed by atoms with Crippen molar-refractivity contribution in [2.24, 2.45) is 11.5 Å². The van der Waals surface area contributed by atoms with E-state index in [-0.39, 0.29) is 17.7 Å². The summed E-state index contributed by atoms with van der Waals surface area (Å²) in [4.78, 5) is 22.4. The number of benzene rings is 1. The summed E-state index contributed by atoms with van der Waals surface area (Å²) in [6.07, 6.45) is 1.60. The van der Waals surface area contributed by atoms with Crippen LogP contribution in [0.1, 0.15) is 24.8 Å². The maximum Gasteiger partial charge on any atom is 0.237 e. The molecule has 6 heteroatoms. The van der Waals surface area contributed by atoms with Crippen LogP contribution in [-0.4, -0.2) is 24.4 Å². The van der Waals surface area contributed by atoms with Gasteiger partial charge in [-0.25, -0.2) is 4.39 Å². The highest BCUT2D eigenvalue weighted by atomic mass is 19.1. The van der Waals surface area contributed by atoms with E-state index >= 15 is 0 Å². The van der Waals surface area contributed by atoms with Gasteiger partial charge in [-0.15, -0.1) is 0 Å². The molecule has 1 saturated carbocycles. The number of hydrogen-bond donors (Lipinski definition) is 3. The van der Waals surface area contributed by atoms with E-state index in [4.69, 9.17) is 11.5 Å². The van der Waals surface area contributed by atoms with Gasteiger partial charge in [-0.3, -0.25) is 9.59 Å². The maximum atomic E-state index is 13.2. The maximum absolute atomic E-state index is 13.2. The van der Waals surface area contributed by atoms with Crippen molar-refractivity contribution in [3.63, 3.8) is 0 Å². The van der Waals surface area contributed by atoms with Crippen molar-refractivity contribution in [2.45, 2.75) is 30.7 Å². The molecule has 20 heavy (non-hydrogen) atoms. The Morgan fingerprint density at radius 2 is 2.10 bits per heavy atom. The third-order valence-corrected chi connectivity index (χ3v) is 3.65. The van der Waals surface area contributed by atoms with Gasteiger partial charge in [-0.2, -0.15) is 0 Å². The Kier molecular flexibility index (Phi) is 4.04. The Hall–Kier alpha value is -1.95. The number of primary amides is 1. The minimum Gasteiger partial charge on any atom is -0.370 e. The molecule has 1 atom stereocenters. The highest BCUT2D eigenvalue weighted by molar-refractivity contribution is 5.87. The fraction of sp³-hybridized carbons (Fsp3) is 0.429. The Balaban J connectivity index is 1.94. The van der Waals surface area contributed by atoms with Crippen molar-refractivity contribution in [3.8, 4) is 0 Å². The average Bonchev–Trinajstić information content (AvgIpc) is 3.16. The summed E-state index contributed by atoms with van der Waals surface area (Å²) in [6.45, 7) is 0.391. The second-order valence-electron chi connectivity index (χ2n) is 5.29. The molecule has 2 amide bonds. The number of carbonyl (C=O) groups is 2. The zero-order valence-electron chi connectivity index (χ0n) is 11.1. The smallest absolute Gasteiger partial charge is 0.237 e. The molecule has 5 N–H and O–H groups in total. The van der Waals surface area contributed by atoms with Crippen LogP contribution in [0.15, 0.2) is 24.3 Å². The van der Waals surface area contributed by atoms with Crippen molar-refractivity contribution in [2.75, 3.05) is 6.54 Å². The highest BCUT2D eigenvalue weighted by Crippen LogP contribution is 2.47. The predicted octanol–water partition coefficient (Wildman–Crippen LogP) is 0.176. The monoisotopic (exact) mass is 279 g/mol. The molecule has 1 aliphatic carbocycles. The lowest BCUT2D eigenvalue weighted by Crippen LogP contribution is -2.45. The molecule has 5 nitrogen and oxygen atoms in total. The molecule has 0 aromatic heterocycles. The summed E-state index contributed by atoms with van der Waals surface area (Å²) in [5.41, 5.74) is 11.2. The normalized spacial score (nSPS) is 17.3. The average molecular weight is 279 g/mol. The molecule has 0 unspecified atom stereocenters. The van der Waals surface area contributed by atoms with Gasteiger partial charge >= 0.3 is 0 Å². The Labute approximate surface area is 116 Å². The van der Waals surface area contributed by atoms with E-state index in [1.165, 1.54) is 12.1 Å². The third kappa shape index (κ3) is 3.33. The van der Waals surface area contributed by atoms with Gasteiger partial charge in [0.1, 0.15) is 5.82 Å². The Morgan fingerprint density at radius 3 is 2.65 bits per heavy atom. The lowest BCUT2D eigenvalue weighted by Gasteiger charge is -2.18. The zero-order valence-corrected chi connectivity index (χ0v) is 11.1. The molecule has 1 aromatic carbocycles. The van der Waals surface area contributed by atoms with E-state index in [0.29, 0.717) is 6.54 Å². The molecule has 0 spiro atoms. The molecular formula is C14H18FN3O2. The van der Waals surface area contributed by atoms with Gasteiger partial charge in [0, 0.05) is 12.0 Å². The van der Waals surface area contributed by atoms with E-state index in [0.717, 1.165) is 18.4 Å². The van der Waals surface area contributed by atoms with E-state index in [1.54, 1.807) is 6.07 Å². The molecule has 0 aliphatic heterocycles. The Bertz CT molecular complexity index is 529. The minimum atomic E-state index is -0.934. The molecule has 1 aliphatic rings. The molecule has 2 rings (SSSR count). The number of rotatable bonds is 6. The van der Waals surface area contributed by atoms with Crippen molar-refractivity contribution in [3.05, 3.63) is 35.6 Å². The van der Waals surface area contributed by atoms with Crippen LogP contribution in [0.3, 0.4) is 0 Å². The zero-order chi connectivity index (χ0) is 14.8. The van der Waals surface area contributed by atoms with Crippen molar-refractivity contribution in [1.29, 1.82) is 0 Å². The lowest BCUT2D eigenvalue weighted by molar-refractivity contribution is -0.126. The largest absolute Gasteiger partial charge is 0.370 e. The van der Waals surface area contributed by atoms with Crippen LogP contribution >= 0.6 is 0 Å². The summed E-state index contributed by atoms with van der Waals surface area (Å²) in [5, 5.41) is 2.71. The van der Waals surface area contributed by atoms with Crippen LogP contribution in [0.5, 0.6) is 0 Å². The molecule has 0 saturated heterocycles. The van der Waals surface area contributed by atoms with E-state index in [1.807, 2.05) is 6.07 Å². The molecular weight excluding hydrogens is 261 g/mol. The van der Waals surface area contributed by atoms with Crippen LogP contribution in [0.2, 0.25) is 0 Å². The van der Waals surface area contributed by atoms with Gasteiger partial charge in [-0.05, 0) is 30.5 Å². The summed E-state index contributed by atoms with van der Waals surface area (Å²) in [7, 11) is 0. The standard InChI is InChI=1S/C14H18FN3O2/c15-10-3-1-2-9(6-10)14(4-5-14)8-18-13(20)11(16)7-12(17)19/h1-3,6,11H,4-5,7-8,16H2,(H2,17,19)(H,18,20)/t11-/m0/s1. The first kappa shape index (κ1) is 14.5. The first-order valence-corrected chi connectivity index (χ1v) is 6.51. The van der Waals surface area contributed by atoms with Crippen molar-refractivity contribution >= 4 is 11.8 Å². The van der Waals surface area contributed by atoms with Crippen LogP contribution < -0.4 is 16.8 Å². The van der Waals surface area contributed by atoms with Gasteiger partial charge in [0.2, 0.25) is 11.8 Å². The van der Waals surface area contributed by atoms with Crippen LogP contribution in [0.25, 0.3) is 0 Å². The second kappa shape index (κ2) is 5.58. The molecule has 0 bridgehead atoms. The van der Waals surface area contributed by atoms with E-state index in [9.17, 15) is 14.0 Å². The first-order valence-electron chi connectivity index (χ1n) is 6.51. The van der Waals surface area contributed by atoms with Crippen molar-refractivity contribution < 1.29 is 14.0 Å². The highest BCUT2D eigenvalue weighted by Gasteiger charge is 2.44. The molecule has 1 fully saturated rings. The summed E-state index contributed by atoms with van der Waals surface area (Å²) < 4.78 is 13.2. The lowest BCUT2D eigenvalue weighted by atomic mass is 9.95. The van der Waals surface area contributed by atoms with Gasteiger partial charge < -0.3 is 16.8 Å². The van der Waals surface area contributed by atoms with Crippen LogP contribution in [0.4, 0.5) is 4.39 Å². The fourth-order valence-electron chi connectivity index (χ4n) is 2.23. The van der Waals surface area contributed by atoms with Gasteiger partial charge in [0.05, 0.1) is 12.5 Å². The molecule has 0 radical (unpaired) electrons. The number of halogens is 1. The topological polar surface area (TPSA) is 98.2 Å². The first-order chi connectivity index (χ1) is 9.43. The van der Waals surface area contributed by atoms with E-state index < -0.39 is 17.9 Å². The number of nitrogens with one attached hydrogen (secondary N) is 1. The van der Waals surface area contributed by atoms with Crippen molar-refractivity contribution in [1.82, 2.24) is 5.32 Å². The second-order valence-corrected chi connectivity index (χ2v) is 5.29. The predicted molar refractivity (Wildman–Crippen MR) is 72.1 cm³/mol. The third-order valence-electron chi connectivity index (χ3n) is 3.65. The number of amides is 2. The quantitative estimate of drug-likeness (QED) is 0.692. The minimum absolute atomic E-state index is 0.182. The van der Waals surface area contributed by atoms with E-state index in [2.05, 4.69) is 5.32 Å². The molecule has 108 valence electrons. The summed E-state index contributed by atoms with van der Waals surface area (Å²) >= 11 is 0. The molecule has 0 heterocycles. The van der Waals surface area contributed by atoms with Crippen LogP contribution in [-0.2, 0) is 15.0 Å². The Morgan fingerprint density at radius 1 is 1.40 bits per heavy atom. The van der Waals surface area contributed by atoms with Crippen LogP contribution in [0, 0.1) is 5.82 Å². The summed E-state index contributed by atoms with van der Waals surface area (Å²) in [6, 6.07) is 5.45. The summed E-state index contributed by atoms with van der Waals surface area (Å²) in [5.74, 6) is -1.31. The fourth-order valence-corrected chi connectivity index (χ4v) is 2.23. The van der Waals surface area contributed by atoms with Gasteiger partial charge in [0.15, 0.2) is 0 Å². The SMILES string of the molecule is NC(=O)C[C@H](N)C(=O)NCC1(c2cccc(F)c2)CC1. The number of nitrogens with two attached hydrogens (primary N) is 2. The number of hydrogen-bond acceptors (Lipinski definition) is 3. The van der Waals surface area contributed by atoms with Gasteiger partial charge in [-0.1, -0.05) is 12.1 Å². The molecule has 1 aromatic rings. The number of carbonyl (C=O) groups excluding carboxylic acids is 2. The van der Waals surface area contributed by atoms with Gasteiger partial charge in [0.25, 0.3) is 0 Å².